The maximum absolute atomic E-state index is 13.9. The monoisotopic (exact) mass is 460 g/mol. The molecule has 0 bridgehead atoms. The second kappa shape index (κ2) is 7.23. The van der Waals surface area contributed by atoms with Crippen molar-refractivity contribution in [2.45, 2.75) is 25.1 Å². The third-order valence-corrected chi connectivity index (χ3v) is 5.72. The molecule has 2 aromatic rings. The molecule has 0 aliphatic heterocycles. The van der Waals surface area contributed by atoms with Gasteiger partial charge in [0.05, 0.1) is 6.42 Å². The second-order valence-corrected chi connectivity index (χ2v) is 7.87. The summed E-state index contributed by atoms with van der Waals surface area (Å²) in [6.07, 6.45) is -5.63. The first-order valence-corrected chi connectivity index (χ1v) is 8.87. The molecule has 0 saturated carbocycles. The van der Waals surface area contributed by atoms with Crippen LogP contribution in [-0.2, 0) is 10.4 Å². The van der Waals surface area contributed by atoms with E-state index in [4.69, 9.17) is 27.9 Å². The molecule has 1 unspecified atom stereocenters. The van der Waals surface area contributed by atoms with Gasteiger partial charge in [0, 0.05) is 31.0 Å². The van der Waals surface area contributed by atoms with Crippen LogP contribution in [0, 0.1) is 6.92 Å². The summed E-state index contributed by atoms with van der Waals surface area (Å²) in [7, 11) is 0. The lowest BCUT2D eigenvalue weighted by molar-refractivity contribution is -0.253. The molecule has 0 radical (unpaired) electrons. The second-order valence-electron chi connectivity index (χ2n) is 4.93. The molecule has 0 spiro atoms. The molecule has 0 aliphatic carbocycles. The van der Waals surface area contributed by atoms with Crippen molar-refractivity contribution in [3.63, 3.8) is 0 Å². The van der Waals surface area contributed by atoms with Gasteiger partial charge in [-0.3, -0.25) is 0 Å². The summed E-state index contributed by atoms with van der Waals surface area (Å²) in [5.41, 5.74) is -3.21. The molecule has 0 N–H and O–H groups in total. The molecular weight excluding hydrogens is 452 g/mol. The Hall–Kier alpha value is -0.760. The number of carbonyl (C=O) groups excluding carboxylic acids is 1. The van der Waals surface area contributed by atoms with Crippen LogP contribution in [0.5, 0.6) is 5.06 Å². The molecule has 9 heteroatoms. The molecule has 1 aromatic heterocycles. The van der Waals surface area contributed by atoms with Crippen molar-refractivity contribution in [3.8, 4) is 5.06 Å². The Morgan fingerprint density at radius 2 is 1.79 bits per heavy atom. The Kier molecular flexibility index (Phi) is 5.90. The van der Waals surface area contributed by atoms with Crippen molar-refractivity contribution in [2.24, 2.45) is 0 Å². The molecule has 130 valence electrons. The molecule has 2 rings (SSSR count). The van der Waals surface area contributed by atoms with E-state index in [0.29, 0.717) is 4.47 Å². The van der Waals surface area contributed by atoms with Crippen molar-refractivity contribution in [1.29, 1.82) is 0 Å². The molecule has 1 heterocycles. The standard InChI is InChI=1S/C15H10BrCl2F3O2S/c1-8-12(16)7-13(24-8)23-14(2-3-22,15(19,20)21)9-4-10(17)6-11(18)5-9/h3-7H,2H2,1H3. The molecule has 1 aromatic carbocycles. The van der Waals surface area contributed by atoms with E-state index in [9.17, 15) is 18.0 Å². The third-order valence-electron chi connectivity index (χ3n) is 3.27. The highest BCUT2D eigenvalue weighted by Crippen LogP contribution is 2.48. The van der Waals surface area contributed by atoms with Crippen LogP contribution in [0.2, 0.25) is 10.0 Å². The van der Waals surface area contributed by atoms with Gasteiger partial charge in [0.15, 0.2) is 5.06 Å². The van der Waals surface area contributed by atoms with Crippen LogP contribution in [0.3, 0.4) is 0 Å². The van der Waals surface area contributed by atoms with Crippen LogP contribution >= 0.6 is 50.5 Å². The number of carbonyl (C=O) groups is 1. The number of aldehydes is 1. The van der Waals surface area contributed by atoms with Gasteiger partial charge in [0.1, 0.15) is 6.29 Å². The van der Waals surface area contributed by atoms with Crippen LogP contribution in [0.1, 0.15) is 16.9 Å². The van der Waals surface area contributed by atoms with Gasteiger partial charge in [0.2, 0.25) is 5.60 Å². The van der Waals surface area contributed by atoms with Crippen LogP contribution in [-0.4, -0.2) is 12.5 Å². The molecule has 0 fully saturated rings. The van der Waals surface area contributed by atoms with E-state index in [1.54, 1.807) is 6.92 Å². The quantitative estimate of drug-likeness (QED) is 0.472. The summed E-state index contributed by atoms with van der Waals surface area (Å²) in [6, 6.07) is 4.93. The third kappa shape index (κ3) is 3.90. The summed E-state index contributed by atoms with van der Waals surface area (Å²) >= 11 is 15.9. The van der Waals surface area contributed by atoms with Crippen molar-refractivity contribution >= 4 is 56.8 Å². The van der Waals surface area contributed by atoms with Gasteiger partial charge < -0.3 is 9.53 Å². The fraction of sp³-hybridized carbons (Fsp3) is 0.267. The molecule has 0 saturated heterocycles. The summed E-state index contributed by atoms with van der Waals surface area (Å²) in [6.45, 7) is 1.73. The minimum Gasteiger partial charge on any atom is -0.463 e. The summed E-state index contributed by atoms with van der Waals surface area (Å²) in [4.78, 5) is 11.8. The van der Waals surface area contributed by atoms with Gasteiger partial charge in [0.25, 0.3) is 0 Å². The molecule has 2 nitrogen and oxygen atoms in total. The van der Waals surface area contributed by atoms with Gasteiger partial charge >= 0.3 is 6.18 Å². The average molecular weight is 462 g/mol. The number of ether oxygens (including phenoxy) is 1. The number of rotatable bonds is 5. The fourth-order valence-corrected chi connectivity index (χ4v) is 4.06. The Morgan fingerprint density at radius 3 is 2.21 bits per heavy atom. The summed E-state index contributed by atoms with van der Waals surface area (Å²) < 4.78 is 47.7. The van der Waals surface area contributed by atoms with Crippen molar-refractivity contribution in [3.05, 3.63) is 49.2 Å². The Bertz CT molecular complexity index is 724. The summed E-state index contributed by atoms with van der Waals surface area (Å²) in [5.74, 6) is 0. The zero-order chi connectivity index (χ0) is 18.1. The topological polar surface area (TPSA) is 26.3 Å². The average Bonchev–Trinajstić information content (AvgIpc) is 2.74. The number of benzene rings is 1. The maximum Gasteiger partial charge on any atom is 0.433 e. The lowest BCUT2D eigenvalue weighted by atomic mass is 9.89. The predicted octanol–water partition coefficient (Wildman–Crippen LogP) is 6.55. The van der Waals surface area contributed by atoms with Gasteiger partial charge in [-0.05, 0) is 41.1 Å². The number of hydrogen-bond acceptors (Lipinski definition) is 3. The zero-order valence-corrected chi connectivity index (χ0v) is 16.0. The Morgan fingerprint density at radius 1 is 1.21 bits per heavy atom. The highest BCUT2D eigenvalue weighted by molar-refractivity contribution is 9.10. The molecule has 24 heavy (non-hydrogen) atoms. The summed E-state index contributed by atoms with van der Waals surface area (Å²) in [5, 5.41) is 0.0583. The van der Waals surface area contributed by atoms with Crippen LogP contribution in [0.4, 0.5) is 13.2 Å². The smallest absolute Gasteiger partial charge is 0.433 e. The number of aryl methyl sites for hydroxylation is 1. The molecule has 0 amide bonds. The lowest BCUT2D eigenvalue weighted by Crippen LogP contribution is -2.47. The van der Waals surface area contributed by atoms with Crippen LogP contribution in [0.25, 0.3) is 0 Å². The molecule has 1 atom stereocenters. The van der Waals surface area contributed by atoms with Crippen LogP contribution < -0.4 is 4.74 Å². The first-order valence-electron chi connectivity index (χ1n) is 6.51. The van der Waals surface area contributed by atoms with Crippen molar-refractivity contribution < 1.29 is 22.7 Å². The first kappa shape index (κ1) is 19.6. The fourth-order valence-electron chi connectivity index (χ4n) is 2.12. The van der Waals surface area contributed by atoms with Gasteiger partial charge in [-0.1, -0.05) is 23.2 Å². The minimum absolute atomic E-state index is 0.0177. The molecular formula is C15H10BrCl2F3O2S. The van der Waals surface area contributed by atoms with E-state index in [1.165, 1.54) is 12.1 Å². The minimum atomic E-state index is -4.87. The normalized spacial score (nSPS) is 14.3. The van der Waals surface area contributed by atoms with E-state index >= 15 is 0 Å². The van der Waals surface area contributed by atoms with E-state index in [-0.39, 0.29) is 27.0 Å². The van der Waals surface area contributed by atoms with Gasteiger partial charge in [-0.15, -0.1) is 11.3 Å². The van der Waals surface area contributed by atoms with Crippen molar-refractivity contribution in [1.82, 2.24) is 0 Å². The van der Waals surface area contributed by atoms with E-state index in [2.05, 4.69) is 15.9 Å². The van der Waals surface area contributed by atoms with E-state index in [0.717, 1.165) is 28.3 Å². The lowest BCUT2D eigenvalue weighted by Gasteiger charge is -2.34. The number of alkyl halides is 3. The highest BCUT2D eigenvalue weighted by Gasteiger charge is 2.59. The molecule has 0 aliphatic rings. The Labute approximate surface area is 158 Å². The SMILES string of the molecule is Cc1sc(OC(CC=O)(c2cc(Cl)cc(Cl)c2)C(F)(F)F)cc1Br. The van der Waals surface area contributed by atoms with E-state index in [1.807, 2.05) is 0 Å². The number of halogens is 6. The number of hydrogen-bond donors (Lipinski definition) is 0. The highest BCUT2D eigenvalue weighted by atomic mass is 79.9. The van der Waals surface area contributed by atoms with Crippen molar-refractivity contribution in [2.75, 3.05) is 0 Å². The van der Waals surface area contributed by atoms with E-state index < -0.39 is 18.2 Å². The largest absolute Gasteiger partial charge is 0.463 e. The van der Waals surface area contributed by atoms with Crippen LogP contribution in [0.15, 0.2) is 28.7 Å². The zero-order valence-electron chi connectivity index (χ0n) is 12.1. The van der Waals surface area contributed by atoms with Gasteiger partial charge in [-0.2, -0.15) is 13.2 Å². The number of thiophene rings is 1. The first-order chi connectivity index (χ1) is 11.1. The Balaban J connectivity index is 2.65. The predicted molar refractivity (Wildman–Crippen MR) is 92.3 cm³/mol. The maximum atomic E-state index is 13.9. The van der Waals surface area contributed by atoms with Gasteiger partial charge in [-0.25, -0.2) is 0 Å².